The zero-order chi connectivity index (χ0) is 13.4. The van der Waals surface area contributed by atoms with Crippen LogP contribution in [0.1, 0.15) is 25.1 Å². The first-order chi connectivity index (χ1) is 8.69. The minimum atomic E-state index is -0.0643. The summed E-state index contributed by atoms with van der Waals surface area (Å²) in [5, 5.41) is 8.66. The molecule has 0 fully saturated rings. The summed E-state index contributed by atoms with van der Waals surface area (Å²) >= 11 is 0. The molecule has 0 saturated carbocycles. The lowest BCUT2D eigenvalue weighted by atomic mass is 10.2. The average Bonchev–Trinajstić information content (AvgIpc) is 2.39. The molecule has 5 heteroatoms. The smallest absolute Gasteiger partial charge is 0.0640 e. The van der Waals surface area contributed by atoms with E-state index in [-0.39, 0.29) is 6.04 Å². The van der Waals surface area contributed by atoms with Crippen LogP contribution in [-0.4, -0.2) is 31.8 Å². The van der Waals surface area contributed by atoms with Crippen molar-refractivity contribution in [1.29, 1.82) is 5.26 Å². The molecule has 1 rings (SSSR count). The van der Waals surface area contributed by atoms with Crippen molar-refractivity contribution in [2.24, 2.45) is 5.73 Å². The van der Waals surface area contributed by atoms with Crippen LogP contribution in [0.25, 0.3) is 0 Å². The molecule has 0 radical (unpaired) electrons. The number of pyridine rings is 1. The first-order valence-electron chi connectivity index (χ1n) is 6.01. The summed E-state index contributed by atoms with van der Waals surface area (Å²) in [6, 6.07) is 5.99. The molecule has 5 nitrogen and oxygen atoms in total. The Labute approximate surface area is 108 Å². The first-order valence-corrected chi connectivity index (χ1v) is 6.01. The van der Waals surface area contributed by atoms with Crippen LogP contribution in [0.4, 0.5) is 5.69 Å². The maximum Gasteiger partial charge on any atom is 0.0640 e. The number of nitrogens with two attached hydrogens (primary N) is 1. The SMILES string of the molecule is COCCN(CCC#N)c1ccc(C(C)N)nc1. The van der Waals surface area contributed by atoms with E-state index in [1.165, 1.54) is 0 Å². The summed E-state index contributed by atoms with van der Waals surface area (Å²) < 4.78 is 5.07. The molecular weight excluding hydrogens is 228 g/mol. The highest BCUT2D eigenvalue weighted by Crippen LogP contribution is 2.15. The molecule has 1 aromatic heterocycles. The molecule has 0 aliphatic carbocycles. The van der Waals surface area contributed by atoms with Crippen molar-refractivity contribution in [3.63, 3.8) is 0 Å². The van der Waals surface area contributed by atoms with Gasteiger partial charge in [-0.2, -0.15) is 5.26 Å². The van der Waals surface area contributed by atoms with Crippen LogP contribution in [0.3, 0.4) is 0 Å². The quantitative estimate of drug-likeness (QED) is 0.790. The van der Waals surface area contributed by atoms with Gasteiger partial charge < -0.3 is 15.4 Å². The van der Waals surface area contributed by atoms with Crippen molar-refractivity contribution in [2.75, 3.05) is 31.7 Å². The molecule has 0 aromatic carbocycles. The molecule has 1 unspecified atom stereocenters. The van der Waals surface area contributed by atoms with Crippen LogP contribution in [0, 0.1) is 11.3 Å². The van der Waals surface area contributed by atoms with E-state index < -0.39 is 0 Å². The molecule has 0 aliphatic heterocycles. The van der Waals surface area contributed by atoms with Crippen LogP contribution in [-0.2, 0) is 4.74 Å². The topological polar surface area (TPSA) is 75.2 Å². The van der Waals surface area contributed by atoms with Crippen molar-refractivity contribution in [2.45, 2.75) is 19.4 Å². The van der Waals surface area contributed by atoms with Gasteiger partial charge in [0.15, 0.2) is 0 Å². The van der Waals surface area contributed by atoms with E-state index in [1.807, 2.05) is 19.1 Å². The van der Waals surface area contributed by atoms with Crippen molar-refractivity contribution in [3.8, 4) is 6.07 Å². The highest BCUT2D eigenvalue weighted by molar-refractivity contribution is 5.44. The summed E-state index contributed by atoms with van der Waals surface area (Å²) in [5.74, 6) is 0. The van der Waals surface area contributed by atoms with Gasteiger partial charge in [0.25, 0.3) is 0 Å². The highest BCUT2D eigenvalue weighted by Gasteiger charge is 2.07. The number of hydrogen-bond acceptors (Lipinski definition) is 5. The molecule has 0 aliphatic rings. The summed E-state index contributed by atoms with van der Waals surface area (Å²) in [4.78, 5) is 6.41. The summed E-state index contributed by atoms with van der Waals surface area (Å²) in [7, 11) is 1.67. The fraction of sp³-hybridized carbons (Fsp3) is 0.538. The zero-order valence-electron chi connectivity index (χ0n) is 11.0. The molecular formula is C13H20N4O. The Morgan fingerprint density at radius 2 is 2.28 bits per heavy atom. The summed E-state index contributed by atoms with van der Waals surface area (Å²) in [5.41, 5.74) is 7.62. The van der Waals surface area contributed by atoms with Gasteiger partial charge in [-0.3, -0.25) is 4.98 Å². The minimum Gasteiger partial charge on any atom is -0.383 e. The number of hydrogen-bond donors (Lipinski definition) is 1. The predicted octanol–water partition coefficient (Wildman–Crippen LogP) is 1.47. The number of aromatic nitrogens is 1. The van der Waals surface area contributed by atoms with Crippen LogP contribution in [0.15, 0.2) is 18.3 Å². The van der Waals surface area contributed by atoms with Crippen molar-refractivity contribution in [3.05, 3.63) is 24.0 Å². The van der Waals surface area contributed by atoms with Crippen LogP contribution in [0.2, 0.25) is 0 Å². The number of ether oxygens (including phenoxy) is 1. The normalized spacial score (nSPS) is 11.9. The average molecular weight is 248 g/mol. The van der Waals surface area contributed by atoms with Crippen molar-refractivity contribution in [1.82, 2.24) is 4.98 Å². The second kappa shape index (κ2) is 7.64. The standard InChI is InChI=1S/C13H20N4O/c1-11(15)13-5-4-12(10-16-13)17(7-3-6-14)8-9-18-2/h4-5,10-11H,3,7-9,15H2,1-2H3. The van der Waals surface area contributed by atoms with Gasteiger partial charge in [-0.25, -0.2) is 0 Å². The van der Waals surface area contributed by atoms with Gasteiger partial charge in [-0.05, 0) is 19.1 Å². The molecule has 0 saturated heterocycles. The van der Waals surface area contributed by atoms with Gasteiger partial charge in [0.1, 0.15) is 0 Å². The number of nitrogens with zero attached hydrogens (tertiary/aromatic N) is 3. The third-order valence-corrected chi connectivity index (χ3v) is 2.66. The lowest BCUT2D eigenvalue weighted by Crippen LogP contribution is -2.28. The van der Waals surface area contributed by atoms with Crippen molar-refractivity contribution < 1.29 is 4.74 Å². The van der Waals surface area contributed by atoms with Crippen molar-refractivity contribution >= 4 is 5.69 Å². The second-order valence-corrected chi connectivity index (χ2v) is 4.12. The number of rotatable bonds is 7. The van der Waals surface area contributed by atoms with E-state index >= 15 is 0 Å². The van der Waals surface area contributed by atoms with Gasteiger partial charge in [0, 0.05) is 26.2 Å². The first kappa shape index (κ1) is 14.4. The molecule has 0 bridgehead atoms. The summed E-state index contributed by atoms with van der Waals surface area (Å²) in [6.45, 7) is 3.96. The monoisotopic (exact) mass is 248 g/mol. The molecule has 18 heavy (non-hydrogen) atoms. The molecule has 0 spiro atoms. The molecule has 1 heterocycles. The van der Waals surface area contributed by atoms with Gasteiger partial charge in [-0.15, -0.1) is 0 Å². The van der Waals surface area contributed by atoms with Gasteiger partial charge in [-0.1, -0.05) is 0 Å². The van der Waals surface area contributed by atoms with E-state index in [4.69, 9.17) is 15.7 Å². The largest absolute Gasteiger partial charge is 0.383 e. The predicted molar refractivity (Wildman–Crippen MR) is 71.2 cm³/mol. The summed E-state index contributed by atoms with van der Waals surface area (Å²) in [6.07, 6.45) is 2.28. The lowest BCUT2D eigenvalue weighted by molar-refractivity contribution is 0.205. The Hall–Kier alpha value is -1.64. The Bertz CT molecular complexity index is 383. The fourth-order valence-corrected chi connectivity index (χ4v) is 1.61. The molecule has 1 atom stereocenters. The van der Waals surface area contributed by atoms with Crippen LogP contribution in [0.5, 0.6) is 0 Å². The molecule has 98 valence electrons. The van der Waals surface area contributed by atoms with E-state index in [1.54, 1.807) is 13.3 Å². The number of methoxy groups -OCH3 is 1. The second-order valence-electron chi connectivity index (χ2n) is 4.12. The van der Waals surface area contributed by atoms with E-state index in [0.717, 1.165) is 17.9 Å². The Kier molecular flexibility index (Phi) is 6.12. The minimum absolute atomic E-state index is 0.0643. The highest BCUT2D eigenvalue weighted by atomic mass is 16.5. The maximum atomic E-state index is 8.66. The Morgan fingerprint density at radius 1 is 1.50 bits per heavy atom. The van der Waals surface area contributed by atoms with E-state index in [0.29, 0.717) is 19.6 Å². The lowest BCUT2D eigenvalue weighted by Gasteiger charge is -2.23. The van der Waals surface area contributed by atoms with E-state index in [9.17, 15) is 0 Å². The third kappa shape index (κ3) is 4.32. The Balaban J connectivity index is 2.74. The molecule has 1 aromatic rings. The Morgan fingerprint density at radius 3 is 2.78 bits per heavy atom. The molecule has 2 N–H and O–H groups in total. The van der Waals surface area contributed by atoms with Crippen LogP contribution >= 0.6 is 0 Å². The number of anilines is 1. The molecule has 0 amide bonds. The maximum absolute atomic E-state index is 8.66. The van der Waals surface area contributed by atoms with Gasteiger partial charge in [0.05, 0.1) is 36.7 Å². The van der Waals surface area contributed by atoms with E-state index in [2.05, 4.69) is 16.0 Å². The number of nitriles is 1. The fourth-order valence-electron chi connectivity index (χ4n) is 1.61. The third-order valence-electron chi connectivity index (χ3n) is 2.66. The van der Waals surface area contributed by atoms with Gasteiger partial charge in [0.2, 0.25) is 0 Å². The van der Waals surface area contributed by atoms with Gasteiger partial charge >= 0.3 is 0 Å². The van der Waals surface area contributed by atoms with Crippen LogP contribution < -0.4 is 10.6 Å². The zero-order valence-corrected chi connectivity index (χ0v) is 11.0.